The van der Waals surface area contributed by atoms with Crippen LogP contribution in [-0.4, -0.2) is 43.0 Å². The molecule has 3 nitrogen and oxygen atoms in total. The van der Waals surface area contributed by atoms with Crippen molar-refractivity contribution >= 4 is 5.78 Å². The quantitative estimate of drug-likeness (QED) is 0.563. The summed E-state index contributed by atoms with van der Waals surface area (Å²) in [5, 5.41) is 0. The van der Waals surface area contributed by atoms with Crippen LogP contribution in [0.3, 0.4) is 0 Å². The van der Waals surface area contributed by atoms with Crippen LogP contribution in [0.25, 0.3) is 0 Å². The third-order valence-corrected chi connectivity index (χ3v) is 2.27. The zero-order chi connectivity index (χ0) is 10.3. The van der Waals surface area contributed by atoms with Gasteiger partial charge in [-0.05, 0) is 27.3 Å². The molecule has 1 unspecified atom stereocenters. The van der Waals surface area contributed by atoms with Gasteiger partial charge in [-0.3, -0.25) is 9.69 Å². The molecule has 0 saturated heterocycles. The Labute approximate surface area is 81.1 Å². The third kappa shape index (κ3) is 5.01. The van der Waals surface area contributed by atoms with E-state index in [0.29, 0.717) is 6.61 Å². The molecule has 0 aromatic rings. The summed E-state index contributed by atoms with van der Waals surface area (Å²) in [6.45, 7) is 10.8. The van der Waals surface area contributed by atoms with Crippen LogP contribution in [0.15, 0.2) is 0 Å². The summed E-state index contributed by atoms with van der Waals surface area (Å²) in [6, 6.07) is 0.0189. The average molecular weight is 187 g/mol. The Kier molecular flexibility index (Phi) is 6.82. The van der Waals surface area contributed by atoms with Crippen LogP contribution >= 0.6 is 0 Å². The molecule has 0 N–H and O–H groups in total. The van der Waals surface area contributed by atoms with E-state index >= 15 is 0 Å². The van der Waals surface area contributed by atoms with Gasteiger partial charge in [0.15, 0.2) is 0 Å². The molecular formula is C10H21NO2. The van der Waals surface area contributed by atoms with Crippen LogP contribution in [-0.2, 0) is 9.53 Å². The number of ketones is 1. The minimum atomic E-state index is 0.0189. The smallest absolute Gasteiger partial charge is 0.146 e. The van der Waals surface area contributed by atoms with Gasteiger partial charge >= 0.3 is 0 Å². The number of Topliss-reactive ketones (excluding diaryl/α,β-unsaturated/α-hetero) is 1. The summed E-state index contributed by atoms with van der Waals surface area (Å²) in [5.74, 6) is 0.221. The monoisotopic (exact) mass is 187 g/mol. The van der Waals surface area contributed by atoms with Gasteiger partial charge in [0.2, 0.25) is 0 Å². The predicted octanol–water partition coefficient (Wildman–Crippen LogP) is 1.32. The molecule has 0 rings (SSSR count). The van der Waals surface area contributed by atoms with Crippen molar-refractivity contribution in [3.8, 4) is 0 Å². The highest BCUT2D eigenvalue weighted by Crippen LogP contribution is 1.99. The van der Waals surface area contributed by atoms with E-state index < -0.39 is 0 Å². The largest absolute Gasteiger partial charge is 0.380 e. The molecular weight excluding hydrogens is 166 g/mol. The van der Waals surface area contributed by atoms with Crippen molar-refractivity contribution in [2.45, 2.75) is 33.7 Å². The van der Waals surface area contributed by atoms with Crippen molar-refractivity contribution in [1.82, 2.24) is 4.90 Å². The fourth-order valence-electron chi connectivity index (χ4n) is 1.21. The van der Waals surface area contributed by atoms with Crippen LogP contribution in [0.2, 0.25) is 0 Å². The number of hydrogen-bond acceptors (Lipinski definition) is 3. The second-order valence-electron chi connectivity index (χ2n) is 3.11. The van der Waals surface area contributed by atoms with Gasteiger partial charge < -0.3 is 4.74 Å². The van der Waals surface area contributed by atoms with Crippen LogP contribution < -0.4 is 0 Å². The van der Waals surface area contributed by atoms with Crippen molar-refractivity contribution in [2.24, 2.45) is 0 Å². The first-order chi connectivity index (χ1) is 6.13. The van der Waals surface area contributed by atoms with Gasteiger partial charge in [0.1, 0.15) is 5.78 Å². The molecule has 0 heterocycles. The first-order valence-corrected chi connectivity index (χ1v) is 4.95. The van der Waals surface area contributed by atoms with Gasteiger partial charge in [-0.25, -0.2) is 0 Å². The minimum Gasteiger partial charge on any atom is -0.380 e. The van der Waals surface area contributed by atoms with E-state index in [1.165, 1.54) is 0 Å². The highest BCUT2D eigenvalue weighted by Gasteiger charge is 2.15. The van der Waals surface area contributed by atoms with E-state index in [4.69, 9.17) is 4.74 Å². The van der Waals surface area contributed by atoms with E-state index in [2.05, 4.69) is 11.8 Å². The van der Waals surface area contributed by atoms with Crippen LogP contribution in [0.1, 0.15) is 27.7 Å². The Balaban J connectivity index is 3.80. The Morgan fingerprint density at radius 2 is 2.08 bits per heavy atom. The first-order valence-electron chi connectivity index (χ1n) is 4.95. The van der Waals surface area contributed by atoms with E-state index in [1.807, 2.05) is 13.8 Å². The number of hydrogen-bond donors (Lipinski definition) is 0. The van der Waals surface area contributed by atoms with Crippen molar-refractivity contribution in [3.63, 3.8) is 0 Å². The zero-order valence-corrected chi connectivity index (χ0v) is 9.17. The van der Waals surface area contributed by atoms with Crippen molar-refractivity contribution in [2.75, 3.05) is 26.3 Å². The maximum atomic E-state index is 11.1. The highest BCUT2D eigenvalue weighted by atomic mass is 16.5. The second-order valence-corrected chi connectivity index (χ2v) is 3.11. The van der Waals surface area contributed by atoms with Gasteiger partial charge in [-0.2, -0.15) is 0 Å². The molecule has 3 heteroatoms. The molecule has 0 aromatic carbocycles. The van der Waals surface area contributed by atoms with Crippen molar-refractivity contribution in [1.29, 1.82) is 0 Å². The molecule has 1 atom stereocenters. The number of carbonyl (C=O) groups is 1. The third-order valence-electron chi connectivity index (χ3n) is 2.27. The van der Waals surface area contributed by atoms with Gasteiger partial charge in [0.25, 0.3) is 0 Å². The summed E-state index contributed by atoms with van der Waals surface area (Å²) < 4.78 is 5.24. The molecule has 0 fully saturated rings. The second kappa shape index (κ2) is 7.04. The zero-order valence-electron chi connectivity index (χ0n) is 9.17. The number of rotatable bonds is 7. The van der Waals surface area contributed by atoms with Gasteiger partial charge in [-0.1, -0.05) is 6.92 Å². The Bertz CT molecular complexity index is 148. The summed E-state index contributed by atoms with van der Waals surface area (Å²) in [6.07, 6.45) is 0. The van der Waals surface area contributed by atoms with Crippen LogP contribution in [0.4, 0.5) is 0 Å². The summed E-state index contributed by atoms with van der Waals surface area (Å²) >= 11 is 0. The molecule has 0 aliphatic carbocycles. The number of ether oxygens (including phenoxy) is 1. The lowest BCUT2D eigenvalue weighted by Crippen LogP contribution is -2.39. The van der Waals surface area contributed by atoms with Gasteiger partial charge in [0.05, 0.1) is 12.6 Å². The number of likely N-dealkylation sites (N-methyl/N-ethyl adjacent to an activating group) is 1. The normalized spacial score (nSPS) is 13.3. The van der Waals surface area contributed by atoms with Crippen molar-refractivity contribution < 1.29 is 9.53 Å². The molecule has 0 amide bonds. The SMILES string of the molecule is CCOCCN(CC)C(C)C(C)=O. The molecule has 0 radical (unpaired) electrons. The Morgan fingerprint density at radius 1 is 1.46 bits per heavy atom. The van der Waals surface area contributed by atoms with E-state index in [-0.39, 0.29) is 11.8 Å². The lowest BCUT2D eigenvalue weighted by molar-refractivity contribution is -0.121. The van der Waals surface area contributed by atoms with Gasteiger partial charge in [-0.15, -0.1) is 0 Å². The predicted molar refractivity (Wildman–Crippen MR) is 53.9 cm³/mol. The van der Waals surface area contributed by atoms with E-state index in [1.54, 1.807) is 6.92 Å². The van der Waals surface area contributed by atoms with E-state index in [9.17, 15) is 4.79 Å². The number of carbonyl (C=O) groups excluding carboxylic acids is 1. The summed E-state index contributed by atoms with van der Waals surface area (Å²) in [7, 11) is 0. The Morgan fingerprint density at radius 3 is 2.46 bits per heavy atom. The van der Waals surface area contributed by atoms with E-state index in [0.717, 1.165) is 19.7 Å². The Hall–Kier alpha value is -0.410. The maximum Gasteiger partial charge on any atom is 0.146 e. The molecule has 0 saturated carbocycles. The summed E-state index contributed by atoms with van der Waals surface area (Å²) in [4.78, 5) is 13.2. The average Bonchev–Trinajstić information content (AvgIpc) is 2.11. The molecule has 13 heavy (non-hydrogen) atoms. The molecule has 0 aliphatic heterocycles. The maximum absolute atomic E-state index is 11.1. The minimum absolute atomic E-state index is 0.0189. The fraction of sp³-hybridized carbons (Fsp3) is 0.900. The highest BCUT2D eigenvalue weighted by molar-refractivity contribution is 5.80. The van der Waals surface area contributed by atoms with Crippen LogP contribution in [0, 0.1) is 0 Å². The lowest BCUT2D eigenvalue weighted by atomic mass is 10.2. The lowest BCUT2D eigenvalue weighted by Gasteiger charge is -2.25. The fourth-order valence-corrected chi connectivity index (χ4v) is 1.21. The van der Waals surface area contributed by atoms with Gasteiger partial charge in [0, 0.05) is 13.2 Å². The van der Waals surface area contributed by atoms with Crippen molar-refractivity contribution in [3.05, 3.63) is 0 Å². The molecule has 0 spiro atoms. The molecule has 0 aromatic heterocycles. The molecule has 0 aliphatic rings. The standard InChI is InChI=1S/C10H21NO2/c1-5-11(7-8-13-6-2)9(3)10(4)12/h9H,5-8H2,1-4H3. The first kappa shape index (κ1) is 12.6. The number of nitrogens with zero attached hydrogens (tertiary/aromatic N) is 1. The van der Waals surface area contributed by atoms with Crippen LogP contribution in [0.5, 0.6) is 0 Å². The molecule has 78 valence electrons. The summed E-state index contributed by atoms with van der Waals surface area (Å²) in [5.41, 5.74) is 0. The molecule has 0 bridgehead atoms. The topological polar surface area (TPSA) is 29.5 Å².